The number of nitriles is 1. The van der Waals surface area contributed by atoms with Crippen LogP contribution < -0.4 is 5.32 Å². The minimum absolute atomic E-state index is 0.235. The van der Waals surface area contributed by atoms with E-state index in [0.29, 0.717) is 18.9 Å². The normalized spacial score (nSPS) is 15.6. The average Bonchev–Trinajstić information content (AvgIpc) is 2.44. The molecule has 0 aliphatic rings. The maximum absolute atomic E-state index is 9.57. The quantitative estimate of drug-likeness (QED) is 0.789. The number of hydrogen-bond acceptors (Lipinski definition) is 3. The fourth-order valence-corrected chi connectivity index (χ4v) is 2.46. The Hall–Kier alpha value is -1.37. The third kappa shape index (κ3) is 4.63. The van der Waals surface area contributed by atoms with Crippen LogP contribution in [0.2, 0.25) is 0 Å². The van der Waals surface area contributed by atoms with Crippen molar-refractivity contribution in [1.82, 2.24) is 5.32 Å². The molecule has 0 aliphatic heterocycles. The van der Waals surface area contributed by atoms with Gasteiger partial charge in [0.05, 0.1) is 18.8 Å². The molecule has 1 N–H and O–H groups in total. The van der Waals surface area contributed by atoms with Gasteiger partial charge in [-0.3, -0.25) is 5.32 Å². The fraction of sp³-hybridized carbons (Fsp3) is 0.588. The van der Waals surface area contributed by atoms with E-state index in [1.54, 1.807) is 0 Å². The predicted molar refractivity (Wildman–Crippen MR) is 82.3 cm³/mol. The van der Waals surface area contributed by atoms with Crippen LogP contribution in [-0.2, 0) is 10.3 Å². The van der Waals surface area contributed by atoms with E-state index in [1.807, 2.05) is 37.4 Å². The van der Waals surface area contributed by atoms with Crippen LogP contribution in [0.25, 0.3) is 0 Å². The first-order valence-electron chi connectivity index (χ1n) is 7.31. The first kappa shape index (κ1) is 16.7. The topological polar surface area (TPSA) is 45.0 Å². The summed E-state index contributed by atoms with van der Waals surface area (Å²) in [7, 11) is 1.83. The molecule has 20 heavy (non-hydrogen) atoms. The standard InChI is InChI=1S/C17H26N2O/c1-14(2)12-15(3)20-11-10-17(13-18,19-4)16-8-6-5-7-9-16/h5-9,14-15,19H,10-12H2,1-4H3. The monoisotopic (exact) mass is 274 g/mol. The van der Waals surface area contributed by atoms with Crippen molar-refractivity contribution in [2.75, 3.05) is 13.7 Å². The highest BCUT2D eigenvalue weighted by atomic mass is 16.5. The number of rotatable bonds is 8. The molecule has 0 saturated carbocycles. The first-order valence-corrected chi connectivity index (χ1v) is 7.31. The second-order valence-corrected chi connectivity index (χ2v) is 5.69. The van der Waals surface area contributed by atoms with Gasteiger partial charge in [-0.15, -0.1) is 0 Å². The van der Waals surface area contributed by atoms with Crippen LogP contribution in [0.3, 0.4) is 0 Å². The van der Waals surface area contributed by atoms with Gasteiger partial charge in [0.1, 0.15) is 5.54 Å². The van der Waals surface area contributed by atoms with Gasteiger partial charge >= 0.3 is 0 Å². The van der Waals surface area contributed by atoms with Crippen LogP contribution in [0.5, 0.6) is 0 Å². The average molecular weight is 274 g/mol. The molecule has 0 spiro atoms. The molecule has 3 nitrogen and oxygen atoms in total. The molecule has 0 aromatic heterocycles. The van der Waals surface area contributed by atoms with E-state index in [0.717, 1.165) is 12.0 Å². The van der Waals surface area contributed by atoms with Gasteiger partial charge < -0.3 is 4.74 Å². The van der Waals surface area contributed by atoms with Crippen molar-refractivity contribution in [1.29, 1.82) is 5.26 Å². The van der Waals surface area contributed by atoms with Gasteiger partial charge in [0.25, 0.3) is 0 Å². The van der Waals surface area contributed by atoms with E-state index < -0.39 is 5.54 Å². The molecular formula is C17H26N2O. The summed E-state index contributed by atoms with van der Waals surface area (Å²) in [4.78, 5) is 0. The lowest BCUT2D eigenvalue weighted by molar-refractivity contribution is 0.0418. The molecule has 0 aliphatic carbocycles. The molecule has 0 heterocycles. The number of ether oxygens (including phenoxy) is 1. The Bertz CT molecular complexity index is 424. The number of benzene rings is 1. The summed E-state index contributed by atoms with van der Waals surface area (Å²) in [6, 6.07) is 12.3. The summed E-state index contributed by atoms with van der Waals surface area (Å²) in [6.07, 6.45) is 1.93. The van der Waals surface area contributed by atoms with Crippen LogP contribution in [0.1, 0.15) is 39.2 Å². The van der Waals surface area contributed by atoms with Gasteiger partial charge in [0, 0.05) is 6.42 Å². The Morgan fingerprint density at radius 2 is 1.90 bits per heavy atom. The molecule has 110 valence electrons. The Labute approximate surface area is 123 Å². The second-order valence-electron chi connectivity index (χ2n) is 5.69. The van der Waals surface area contributed by atoms with Crippen molar-refractivity contribution in [2.24, 2.45) is 5.92 Å². The van der Waals surface area contributed by atoms with Gasteiger partial charge in [-0.05, 0) is 31.9 Å². The first-order chi connectivity index (χ1) is 9.54. The Balaban J connectivity index is 2.63. The predicted octanol–water partition coefficient (Wildman–Crippen LogP) is 3.47. The SMILES string of the molecule is CNC(C#N)(CCOC(C)CC(C)C)c1ccccc1. The molecule has 1 aromatic rings. The van der Waals surface area contributed by atoms with Crippen molar-refractivity contribution in [3.05, 3.63) is 35.9 Å². The molecule has 0 bridgehead atoms. The van der Waals surface area contributed by atoms with E-state index in [2.05, 4.69) is 32.2 Å². The molecule has 1 aromatic carbocycles. The van der Waals surface area contributed by atoms with E-state index in [4.69, 9.17) is 4.74 Å². The Morgan fingerprint density at radius 1 is 1.25 bits per heavy atom. The van der Waals surface area contributed by atoms with E-state index in [-0.39, 0.29) is 6.10 Å². The lowest BCUT2D eigenvalue weighted by Crippen LogP contribution is -2.40. The highest BCUT2D eigenvalue weighted by molar-refractivity contribution is 5.31. The molecule has 0 radical (unpaired) electrons. The van der Waals surface area contributed by atoms with Crippen LogP contribution in [0.15, 0.2) is 30.3 Å². The zero-order chi connectivity index (χ0) is 15.0. The molecule has 1 rings (SSSR count). The molecule has 0 saturated heterocycles. The highest BCUT2D eigenvalue weighted by Crippen LogP contribution is 2.24. The van der Waals surface area contributed by atoms with Crippen LogP contribution in [-0.4, -0.2) is 19.8 Å². The van der Waals surface area contributed by atoms with Crippen molar-refractivity contribution < 1.29 is 4.74 Å². The minimum Gasteiger partial charge on any atom is -0.378 e. The fourth-order valence-electron chi connectivity index (χ4n) is 2.46. The molecular weight excluding hydrogens is 248 g/mol. The number of nitrogens with zero attached hydrogens (tertiary/aromatic N) is 1. The van der Waals surface area contributed by atoms with Crippen molar-refractivity contribution in [2.45, 2.75) is 45.3 Å². The number of nitrogens with one attached hydrogen (secondary N) is 1. The largest absolute Gasteiger partial charge is 0.378 e. The van der Waals surface area contributed by atoms with Gasteiger partial charge in [-0.25, -0.2) is 0 Å². The summed E-state index contributed by atoms with van der Waals surface area (Å²) in [5.74, 6) is 0.629. The van der Waals surface area contributed by atoms with Gasteiger partial charge in [0.2, 0.25) is 0 Å². The second kappa shape index (κ2) is 8.04. The lowest BCUT2D eigenvalue weighted by Gasteiger charge is -2.27. The molecule has 2 atom stereocenters. The highest BCUT2D eigenvalue weighted by Gasteiger charge is 2.30. The summed E-state index contributed by atoms with van der Waals surface area (Å²) in [5, 5.41) is 12.7. The Morgan fingerprint density at radius 3 is 2.40 bits per heavy atom. The van der Waals surface area contributed by atoms with E-state index in [9.17, 15) is 5.26 Å². The van der Waals surface area contributed by atoms with Gasteiger partial charge in [-0.1, -0.05) is 44.2 Å². The third-order valence-electron chi connectivity index (χ3n) is 3.57. The van der Waals surface area contributed by atoms with Crippen LogP contribution in [0, 0.1) is 17.2 Å². The molecule has 2 unspecified atom stereocenters. The zero-order valence-corrected chi connectivity index (χ0v) is 13.0. The third-order valence-corrected chi connectivity index (χ3v) is 3.57. The van der Waals surface area contributed by atoms with Crippen molar-refractivity contribution >= 4 is 0 Å². The van der Waals surface area contributed by atoms with Crippen molar-refractivity contribution in [3.63, 3.8) is 0 Å². The maximum atomic E-state index is 9.57. The zero-order valence-electron chi connectivity index (χ0n) is 13.0. The van der Waals surface area contributed by atoms with Crippen LogP contribution >= 0.6 is 0 Å². The van der Waals surface area contributed by atoms with Gasteiger partial charge in [0.15, 0.2) is 0 Å². The molecule has 3 heteroatoms. The lowest BCUT2D eigenvalue weighted by atomic mass is 9.88. The smallest absolute Gasteiger partial charge is 0.134 e. The summed E-state index contributed by atoms with van der Waals surface area (Å²) >= 11 is 0. The van der Waals surface area contributed by atoms with Crippen molar-refractivity contribution in [3.8, 4) is 6.07 Å². The maximum Gasteiger partial charge on any atom is 0.134 e. The minimum atomic E-state index is -0.668. The Kier molecular flexibility index (Phi) is 6.70. The molecule has 0 amide bonds. The molecule has 0 fully saturated rings. The van der Waals surface area contributed by atoms with E-state index >= 15 is 0 Å². The summed E-state index contributed by atoms with van der Waals surface area (Å²) < 4.78 is 5.84. The van der Waals surface area contributed by atoms with E-state index in [1.165, 1.54) is 0 Å². The summed E-state index contributed by atoms with van der Waals surface area (Å²) in [6.45, 7) is 7.06. The summed E-state index contributed by atoms with van der Waals surface area (Å²) in [5.41, 5.74) is 0.323. The van der Waals surface area contributed by atoms with Crippen LogP contribution in [0.4, 0.5) is 0 Å². The number of hydrogen-bond donors (Lipinski definition) is 1. The van der Waals surface area contributed by atoms with Gasteiger partial charge in [-0.2, -0.15) is 5.26 Å².